The van der Waals surface area contributed by atoms with Gasteiger partial charge in [-0.1, -0.05) is 29.8 Å². The van der Waals surface area contributed by atoms with E-state index in [1.807, 2.05) is 22.4 Å². The first kappa shape index (κ1) is 17.0. The SMILES string of the molecule is O=C(Cc1ccc(Cl)cc1)OCC(=O)N1CCCC1c1cccs1. The number of hydrogen-bond acceptors (Lipinski definition) is 4. The van der Waals surface area contributed by atoms with Crippen molar-refractivity contribution >= 4 is 34.8 Å². The molecule has 1 unspecified atom stereocenters. The molecule has 6 heteroatoms. The van der Waals surface area contributed by atoms with Crippen LogP contribution >= 0.6 is 22.9 Å². The molecule has 1 fully saturated rings. The van der Waals surface area contributed by atoms with Crippen LogP contribution in [0, 0.1) is 0 Å². The fourth-order valence-corrected chi connectivity index (χ4v) is 3.89. The molecule has 3 rings (SSSR count). The zero-order valence-electron chi connectivity index (χ0n) is 13.1. The van der Waals surface area contributed by atoms with E-state index in [4.69, 9.17) is 16.3 Å². The molecule has 1 saturated heterocycles. The number of carbonyl (C=O) groups is 2. The highest BCUT2D eigenvalue weighted by Gasteiger charge is 2.30. The van der Waals surface area contributed by atoms with Gasteiger partial charge in [-0.3, -0.25) is 9.59 Å². The first-order valence-electron chi connectivity index (χ1n) is 7.86. The molecular weight excluding hydrogens is 346 g/mol. The van der Waals surface area contributed by atoms with Gasteiger partial charge in [0.25, 0.3) is 5.91 Å². The summed E-state index contributed by atoms with van der Waals surface area (Å²) in [6, 6.07) is 11.2. The molecule has 0 bridgehead atoms. The normalized spacial score (nSPS) is 17.0. The van der Waals surface area contributed by atoms with Crippen LogP contribution in [0.5, 0.6) is 0 Å². The maximum Gasteiger partial charge on any atom is 0.310 e. The van der Waals surface area contributed by atoms with Crippen LogP contribution in [0.3, 0.4) is 0 Å². The quantitative estimate of drug-likeness (QED) is 0.758. The highest BCUT2D eigenvalue weighted by Crippen LogP contribution is 2.34. The average Bonchev–Trinajstić information content (AvgIpc) is 3.25. The number of hydrogen-bond donors (Lipinski definition) is 0. The molecule has 2 aromatic rings. The second-order valence-electron chi connectivity index (χ2n) is 5.72. The van der Waals surface area contributed by atoms with Crippen molar-refractivity contribution in [2.24, 2.45) is 0 Å². The van der Waals surface area contributed by atoms with Crippen LogP contribution in [0.25, 0.3) is 0 Å². The zero-order chi connectivity index (χ0) is 16.9. The van der Waals surface area contributed by atoms with E-state index < -0.39 is 5.97 Å². The Balaban J connectivity index is 1.51. The number of likely N-dealkylation sites (tertiary alicyclic amines) is 1. The lowest BCUT2D eigenvalue weighted by molar-refractivity contribution is -0.151. The number of ether oxygens (including phenoxy) is 1. The van der Waals surface area contributed by atoms with E-state index in [9.17, 15) is 9.59 Å². The highest BCUT2D eigenvalue weighted by molar-refractivity contribution is 7.10. The van der Waals surface area contributed by atoms with E-state index in [1.165, 1.54) is 4.88 Å². The van der Waals surface area contributed by atoms with Crippen molar-refractivity contribution in [2.75, 3.05) is 13.2 Å². The molecule has 2 heterocycles. The van der Waals surface area contributed by atoms with Gasteiger partial charge in [0.05, 0.1) is 12.5 Å². The van der Waals surface area contributed by atoms with Crippen LogP contribution in [0.4, 0.5) is 0 Å². The molecule has 126 valence electrons. The summed E-state index contributed by atoms with van der Waals surface area (Å²) in [6.07, 6.45) is 2.08. The van der Waals surface area contributed by atoms with E-state index >= 15 is 0 Å². The molecule has 1 aliphatic rings. The molecule has 0 spiro atoms. The Bertz CT molecular complexity index is 700. The number of nitrogens with zero attached hydrogens (tertiary/aromatic N) is 1. The standard InChI is InChI=1S/C18H18ClNO3S/c19-14-7-5-13(6-8-14)11-18(22)23-12-17(21)20-9-1-3-15(20)16-4-2-10-24-16/h2,4-8,10,15H,1,3,9,11-12H2. The van der Waals surface area contributed by atoms with Crippen molar-refractivity contribution in [1.82, 2.24) is 4.90 Å². The number of amides is 1. The summed E-state index contributed by atoms with van der Waals surface area (Å²) >= 11 is 7.47. The van der Waals surface area contributed by atoms with Crippen molar-refractivity contribution in [2.45, 2.75) is 25.3 Å². The van der Waals surface area contributed by atoms with Gasteiger partial charge in [0.2, 0.25) is 0 Å². The minimum atomic E-state index is -0.405. The van der Waals surface area contributed by atoms with Gasteiger partial charge in [-0.05, 0) is 42.0 Å². The number of benzene rings is 1. The Morgan fingerprint density at radius 2 is 2.04 bits per heavy atom. The first-order chi connectivity index (χ1) is 11.6. The molecule has 0 aliphatic carbocycles. The average molecular weight is 364 g/mol. The van der Waals surface area contributed by atoms with Crippen LogP contribution < -0.4 is 0 Å². The largest absolute Gasteiger partial charge is 0.455 e. The lowest BCUT2D eigenvalue weighted by Gasteiger charge is -2.23. The Kier molecular flexibility index (Phi) is 5.53. The summed E-state index contributed by atoms with van der Waals surface area (Å²) < 4.78 is 5.16. The Hall–Kier alpha value is -1.85. The summed E-state index contributed by atoms with van der Waals surface area (Å²) in [6.45, 7) is 0.518. The lowest BCUT2D eigenvalue weighted by Crippen LogP contribution is -2.34. The van der Waals surface area contributed by atoms with Crippen LogP contribution in [-0.2, 0) is 20.7 Å². The van der Waals surface area contributed by atoms with Crippen LogP contribution in [-0.4, -0.2) is 29.9 Å². The monoisotopic (exact) mass is 363 g/mol. The van der Waals surface area contributed by atoms with Crippen molar-refractivity contribution in [3.63, 3.8) is 0 Å². The van der Waals surface area contributed by atoms with Gasteiger partial charge in [-0.25, -0.2) is 0 Å². The summed E-state index contributed by atoms with van der Waals surface area (Å²) in [4.78, 5) is 27.3. The Labute approximate surface area is 150 Å². The number of halogens is 1. The molecule has 1 aromatic heterocycles. The van der Waals surface area contributed by atoms with Gasteiger partial charge < -0.3 is 9.64 Å². The molecule has 1 amide bonds. The molecule has 0 radical (unpaired) electrons. The predicted molar refractivity (Wildman–Crippen MR) is 94.1 cm³/mol. The van der Waals surface area contributed by atoms with E-state index in [1.54, 1.807) is 35.6 Å². The smallest absolute Gasteiger partial charge is 0.310 e. The highest BCUT2D eigenvalue weighted by atomic mass is 35.5. The van der Waals surface area contributed by atoms with E-state index in [0.717, 1.165) is 24.9 Å². The number of thiophene rings is 1. The number of esters is 1. The van der Waals surface area contributed by atoms with Crippen molar-refractivity contribution in [3.05, 3.63) is 57.2 Å². The molecule has 1 aromatic carbocycles. The molecule has 24 heavy (non-hydrogen) atoms. The molecule has 1 aliphatic heterocycles. The van der Waals surface area contributed by atoms with Crippen LogP contribution in [0.1, 0.15) is 29.3 Å². The molecule has 0 saturated carbocycles. The lowest BCUT2D eigenvalue weighted by atomic mass is 10.1. The maximum absolute atomic E-state index is 12.4. The minimum Gasteiger partial charge on any atom is -0.455 e. The Morgan fingerprint density at radius 1 is 1.25 bits per heavy atom. The summed E-state index contributed by atoms with van der Waals surface area (Å²) in [7, 11) is 0. The van der Waals surface area contributed by atoms with Crippen LogP contribution in [0.2, 0.25) is 5.02 Å². The topological polar surface area (TPSA) is 46.6 Å². The van der Waals surface area contributed by atoms with E-state index in [0.29, 0.717) is 5.02 Å². The van der Waals surface area contributed by atoms with Gasteiger partial charge in [0.15, 0.2) is 6.61 Å². The first-order valence-corrected chi connectivity index (χ1v) is 9.12. The zero-order valence-corrected chi connectivity index (χ0v) is 14.7. The third kappa shape index (κ3) is 4.16. The van der Waals surface area contributed by atoms with Gasteiger partial charge in [0, 0.05) is 16.4 Å². The Morgan fingerprint density at radius 3 is 2.75 bits per heavy atom. The van der Waals surface area contributed by atoms with Gasteiger partial charge in [0.1, 0.15) is 0 Å². The second kappa shape index (κ2) is 7.81. The van der Waals surface area contributed by atoms with Crippen molar-refractivity contribution < 1.29 is 14.3 Å². The molecule has 4 nitrogen and oxygen atoms in total. The predicted octanol–water partition coefficient (Wildman–Crippen LogP) is 3.85. The molecule has 1 atom stereocenters. The van der Waals surface area contributed by atoms with Gasteiger partial charge in [-0.2, -0.15) is 0 Å². The third-order valence-electron chi connectivity index (χ3n) is 4.06. The number of carbonyl (C=O) groups excluding carboxylic acids is 2. The molecular formula is C18H18ClNO3S. The van der Waals surface area contributed by atoms with Crippen molar-refractivity contribution in [1.29, 1.82) is 0 Å². The summed E-state index contributed by atoms with van der Waals surface area (Å²) in [5.41, 5.74) is 0.814. The van der Waals surface area contributed by atoms with Gasteiger partial charge in [-0.15, -0.1) is 11.3 Å². The van der Waals surface area contributed by atoms with E-state index in [-0.39, 0.29) is 25.0 Å². The molecule has 0 N–H and O–H groups in total. The summed E-state index contributed by atoms with van der Waals surface area (Å²) in [5.74, 6) is -0.534. The minimum absolute atomic E-state index is 0.118. The fraction of sp³-hybridized carbons (Fsp3) is 0.333. The van der Waals surface area contributed by atoms with Crippen molar-refractivity contribution in [3.8, 4) is 0 Å². The second-order valence-corrected chi connectivity index (χ2v) is 7.14. The maximum atomic E-state index is 12.4. The van der Waals surface area contributed by atoms with Crippen LogP contribution in [0.15, 0.2) is 41.8 Å². The van der Waals surface area contributed by atoms with Gasteiger partial charge >= 0.3 is 5.97 Å². The third-order valence-corrected chi connectivity index (χ3v) is 5.29. The number of rotatable bonds is 5. The fourth-order valence-electron chi connectivity index (χ4n) is 2.89. The summed E-state index contributed by atoms with van der Waals surface area (Å²) in [5, 5.41) is 2.64. The van der Waals surface area contributed by atoms with E-state index in [2.05, 4.69) is 0 Å².